The van der Waals surface area contributed by atoms with Crippen molar-refractivity contribution in [1.82, 2.24) is 0 Å². The van der Waals surface area contributed by atoms with E-state index in [1.807, 2.05) is 0 Å². The summed E-state index contributed by atoms with van der Waals surface area (Å²) in [6.45, 7) is 6.77. The van der Waals surface area contributed by atoms with E-state index in [-0.39, 0.29) is 0 Å². The molecule has 2 atom stereocenters. The van der Waals surface area contributed by atoms with Crippen LogP contribution in [0.3, 0.4) is 0 Å². The zero-order valence-corrected chi connectivity index (χ0v) is 11.5. The van der Waals surface area contributed by atoms with Gasteiger partial charge in [-0.15, -0.1) is 0 Å². The molecular weight excluding hydrogens is 194 g/mol. The first-order chi connectivity index (χ1) is 7.74. The number of rotatable bonds is 10. The van der Waals surface area contributed by atoms with Crippen molar-refractivity contribution in [2.45, 2.75) is 78.6 Å². The molecule has 0 aromatic rings. The van der Waals surface area contributed by atoms with Crippen LogP contribution in [0.15, 0.2) is 0 Å². The van der Waals surface area contributed by atoms with E-state index < -0.39 is 0 Å². The van der Waals surface area contributed by atoms with Crippen LogP contribution in [-0.2, 0) is 0 Å². The van der Waals surface area contributed by atoms with E-state index in [2.05, 4.69) is 26.8 Å². The maximum Gasteiger partial charge on any atom is 0.0655 e. The standard InChI is InChI=1S/C15H29N/c1-4-6-8-10-14(3)12-15(13-16)11-9-7-5-2/h14-15H,4-12H2,1-3H3. The van der Waals surface area contributed by atoms with Crippen molar-refractivity contribution in [1.29, 1.82) is 5.26 Å². The minimum absolute atomic E-state index is 0.308. The molecule has 2 unspecified atom stereocenters. The van der Waals surface area contributed by atoms with E-state index in [4.69, 9.17) is 5.26 Å². The van der Waals surface area contributed by atoms with Crippen LogP contribution < -0.4 is 0 Å². The van der Waals surface area contributed by atoms with Gasteiger partial charge in [0.15, 0.2) is 0 Å². The molecule has 0 heterocycles. The molecule has 0 aliphatic rings. The van der Waals surface area contributed by atoms with E-state index in [9.17, 15) is 0 Å². The van der Waals surface area contributed by atoms with Crippen LogP contribution >= 0.6 is 0 Å². The smallest absolute Gasteiger partial charge is 0.0655 e. The molecule has 0 aromatic carbocycles. The van der Waals surface area contributed by atoms with E-state index in [1.165, 1.54) is 44.9 Å². The van der Waals surface area contributed by atoms with Crippen molar-refractivity contribution in [3.05, 3.63) is 0 Å². The Morgan fingerprint density at radius 3 is 2.00 bits per heavy atom. The second-order valence-electron chi connectivity index (χ2n) is 5.16. The number of nitrogens with zero attached hydrogens (tertiary/aromatic N) is 1. The summed E-state index contributed by atoms with van der Waals surface area (Å²) in [6.07, 6.45) is 11.3. The molecule has 0 aliphatic carbocycles. The Morgan fingerprint density at radius 1 is 0.938 bits per heavy atom. The average molecular weight is 223 g/mol. The molecule has 16 heavy (non-hydrogen) atoms. The van der Waals surface area contributed by atoms with Gasteiger partial charge < -0.3 is 0 Å². The highest BCUT2D eigenvalue weighted by atomic mass is 14.3. The Kier molecular flexibility index (Phi) is 10.6. The summed E-state index contributed by atoms with van der Waals surface area (Å²) in [5.41, 5.74) is 0. The predicted octanol–water partition coefficient (Wildman–Crippen LogP) is 5.31. The monoisotopic (exact) mass is 223 g/mol. The molecule has 94 valence electrons. The molecule has 0 fully saturated rings. The van der Waals surface area contributed by atoms with E-state index >= 15 is 0 Å². The third-order valence-corrected chi connectivity index (χ3v) is 3.33. The molecule has 1 nitrogen and oxygen atoms in total. The van der Waals surface area contributed by atoms with Crippen LogP contribution in [0.4, 0.5) is 0 Å². The first kappa shape index (κ1) is 15.5. The van der Waals surface area contributed by atoms with Crippen molar-refractivity contribution >= 4 is 0 Å². The quantitative estimate of drug-likeness (QED) is 0.460. The van der Waals surface area contributed by atoms with Crippen LogP contribution in [0.1, 0.15) is 78.6 Å². The largest absolute Gasteiger partial charge is 0.198 e. The predicted molar refractivity (Wildman–Crippen MR) is 71.2 cm³/mol. The van der Waals surface area contributed by atoms with Crippen molar-refractivity contribution in [3.8, 4) is 6.07 Å². The van der Waals surface area contributed by atoms with Crippen LogP contribution in [0.2, 0.25) is 0 Å². The molecule has 0 spiro atoms. The van der Waals surface area contributed by atoms with Crippen LogP contribution in [0.25, 0.3) is 0 Å². The Balaban J connectivity index is 3.62. The maximum atomic E-state index is 9.10. The zero-order valence-electron chi connectivity index (χ0n) is 11.5. The molecule has 0 saturated carbocycles. The molecule has 0 aromatic heterocycles. The first-order valence-corrected chi connectivity index (χ1v) is 7.14. The third-order valence-electron chi connectivity index (χ3n) is 3.33. The number of hydrogen-bond donors (Lipinski definition) is 0. The van der Waals surface area contributed by atoms with Crippen LogP contribution in [-0.4, -0.2) is 0 Å². The fourth-order valence-corrected chi connectivity index (χ4v) is 2.22. The third kappa shape index (κ3) is 8.77. The minimum atomic E-state index is 0.308. The molecule has 0 aliphatic heterocycles. The lowest BCUT2D eigenvalue weighted by molar-refractivity contribution is 0.389. The molecule has 0 bridgehead atoms. The molecule has 1 heteroatoms. The summed E-state index contributed by atoms with van der Waals surface area (Å²) in [6, 6.07) is 2.48. The van der Waals surface area contributed by atoms with E-state index in [0.29, 0.717) is 5.92 Å². The number of hydrogen-bond acceptors (Lipinski definition) is 1. The highest BCUT2D eigenvalue weighted by molar-refractivity contribution is 4.83. The summed E-state index contributed by atoms with van der Waals surface area (Å²) in [4.78, 5) is 0. The lowest BCUT2D eigenvalue weighted by Crippen LogP contribution is -2.05. The Bertz CT molecular complexity index is 180. The van der Waals surface area contributed by atoms with Gasteiger partial charge in [-0.25, -0.2) is 0 Å². The second kappa shape index (κ2) is 11.0. The molecule has 0 saturated heterocycles. The normalized spacial score (nSPS) is 14.4. The van der Waals surface area contributed by atoms with Gasteiger partial charge >= 0.3 is 0 Å². The molecule has 0 radical (unpaired) electrons. The fourth-order valence-electron chi connectivity index (χ4n) is 2.22. The number of unbranched alkanes of at least 4 members (excludes halogenated alkanes) is 4. The lowest BCUT2D eigenvalue weighted by Gasteiger charge is -2.15. The van der Waals surface area contributed by atoms with Gasteiger partial charge in [-0.2, -0.15) is 5.26 Å². The van der Waals surface area contributed by atoms with Gasteiger partial charge in [0.25, 0.3) is 0 Å². The highest BCUT2D eigenvalue weighted by Crippen LogP contribution is 2.22. The van der Waals surface area contributed by atoms with Gasteiger partial charge in [-0.1, -0.05) is 65.7 Å². The Morgan fingerprint density at radius 2 is 1.50 bits per heavy atom. The van der Waals surface area contributed by atoms with Crippen LogP contribution in [0, 0.1) is 23.2 Å². The summed E-state index contributed by atoms with van der Waals surface area (Å²) in [5, 5.41) is 9.10. The van der Waals surface area contributed by atoms with Crippen molar-refractivity contribution in [3.63, 3.8) is 0 Å². The molecule has 0 N–H and O–H groups in total. The molecule has 0 amide bonds. The highest BCUT2D eigenvalue weighted by Gasteiger charge is 2.11. The Labute approximate surface area is 102 Å². The minimum Gasteiger partial charge on any atom is -0.198 e. The van der Waals surface area contributed by atoms with Gasteiger partial charge in [0.1, 0.15) is 0 Å². The summed E-state index contributed by atoms with van der Waals surface area (Å²) >= 11 is 0. The SMILES string of the molecule is CCCCCC(C)CC(C#N)CCCCC. The summed E-state index contributed by atoms with van der Waals surface area (Å²) in [7, 11) is 0. The van der Waals surface area contributed by atoms with Crippen molar-refractivity contribution in [2.75, 3.05) is 0 Å². The zero-order chi connectivity index (χ0) is 12.2. The molecular formula is C15H29N. The second-order valence-corrected chi connectivity index (χ2v) is 5.16. The Hall–Kier alpha value is -0.510. The average Bonchev–Trinajstić information content (AvgIpc) is 2.28. The maximum absolute atomic E-state index is 9.10. The van der Waals surface area contributed by atoms with Gasteiger partial charge in [-0.3, -0.25) is 0 Å². The van der Waals surface area contributed by atoms with Gasteiger partial charge in [-0.05, 0) is 18.8 Å². The summed E-state index contributed by atoms with van der Waals surface area (Å²) < 4.78 is 0. The topological polar surface area (TPSA) is 23.8 Å². The van der Waals surface area contributed by atoms with Crippen molar-refractivity contribution < 1.29 is 0 Å². The van der Waals surface area contributed by atoms with Gasteiger partial charge in [0, 0.05) is 5.92 Å². The molecule has 0 rings (SSSR count). The fraction of sp³-hybridized carbons (Fsp3) is 0.933. The van der Waals surface area contributed by atoms with Crippen molar-refractivity contribution in [2.24, 2.45) is 11.8 Å². The lowest BCUT2D eigenvalue weighted by atomic mass is 9.89. The van der Waals surface area contributed by atoms with Gasteiger partial charge in [0.05, 0.1) is 6.07 Å². The van der Waals surface area contributed by atoms with E-state index in [1.54, 1.807) is 0 Å². The van der Waals surface area contributed by atoms with Crippen LogP contribution in [0.5, 0.6) is 0 Å². The summed E-state index contributed by atoms with van der Waals surface area (Å²) in [5.74, 6) is 1.04. The van der Waals surface area contributed by atoms with Gasteiger partial charge in [0.2, 0.25) is 0 Å². The first-order valence-electron chi connectivity index (χ1n) is 7.14. The number of nitriles is 1. The van der Waals surface area contributed by atoms with E-state index in [0.717, 1.165) is 18.8 Å².